The fourth-order valence-corrected chi connectivity index (χ4v) is 4.74. The Bertz CT molecular complexity index is 826. The predicted molar refractivity (Wildman–Crippen MR) is 116 cm³/mol. The van der Waals surface area contributed by atoms with E-state index in [4.69, 9.17) is 4.74 Å². The average Bonchev–Trinajstić information content (AvgIpc) is 2.89. The Morgan fingerprint density at radius 2 is 1.76 bits per heavy atom. The zero-order chi connectivity index (χ0) is 20.3. The van der Waals surface area contributed by atoms with Crippen LogP contribution in [0.5, 0.6) is 5.75 Å². The first-order chi connectivity index (χ1) is 14.0. The number of fused-ring (bicyclic) bond motifs is 1. The Kier molecular flexibility index (Phi) is 5.91. The van der Waals surface area contributed by atoms with Crippen LogP contribution in [0.3, 0.4) is 0 Å². The van der Waals surface area contributed by atoms with Gasteiger partial charge in [-0.05, 0) is 57.8 Å². The van der Waals surface area contributed by atoms with Gasteiger partial charge in [-0.3, -0.25) is 4.79 Å². The third-order valence-electron chi connectivity index (χ3n) is 6.56. The van der Waals surface area contributed by atoms with Crippen LogP contribution in [0.1, 0.15) is 43.2 Å². The maximum absolute atomic E-state index is 13.2. The minimum atomic E-state index is -0.262. The van der Waals surface area contributed by atoms with Crippen LogP contribution in [0.4, 0.5) is 0 Å². The third-order valence-corrected chi connectivity index (χ3v) is 6.56. The fraction of sp³-hybridized carbons (Fsp3) is 0.480. The number of benzene rings is 2. The van der Waals surface area contributed by atoms with Gasteiger partial charge in [0, 0.05) is 24.6 Å². The molecule has 1 heterocycles. The van der Waals surface area contributed by atoms with Crippen LogP contribution in [-0.4, -0.2) is 48.0 Å². The molecule has 1 aliphatic heterocycles. The molecule has 29 heavy (non-hydrogen) atoms. The molecule has 0 aromatic heterocycles. The van der Waals surface area contributed by atoms with Crippen molar-refractivity contribution in [3.8, 4) is 5.75 Å². The second-order valence-corrected chi connectivity index (χ2v) is 8.82. The lowest BCUT2D eigenvalue weighted by Crippen LogP contribution is -2.51. The van der Waals surface area contributed by atoms with Gasteiger partial charge in [-0.1, -0.05) is 48.5 Å². The summed E-state index contributed by atoms with van der Waals surface area (Å²) in [6.07, 6.45) is 5.54. The SMILES string of the molecule is CN(C)C1CCC2(CC1)CN(C(=O)CCc1ccccc1)Cc1ccccc1O2. The molecule has 2 aromatic rings. The molecule has 1 aliphatic carbocycles. The molecule has 2 aromatic carbocycles. The van der Waals surface area contributed by atoms with Gasteiger partial charge in [-0.2, -0.15) is 0 Å². The maximum Gasteiger partial charge on any atom is 0.223 e. The number of carbonyl (C=O) groups excluding carboxylic acids is 1. The topological polar surface area (TPSA) is 32.8 Å². The number of ether oxygens (including phenoxy) is 1. The Morgan fingerprint density at radius 1 is 1.07 bits per heavy atom. The smallest absolute Gasteiger partial charge is 0.223 e. The standard InChI is InChI=1S/C25H32N2O2/c1-26(2)22-14-16-25(17-15-22)19-27(18-21-10-6-7-11-23(21)29-25)24(28)13-12-20-8-4-3-5-9-20/h3-11,22H,12-19H2,1-2H3. The van der Waals surface area contributed by atoms with E-state index in [0.29, 0.717) is 25.6 Å². The number of aryl methyl sites for hydroxylation is 1. The number of hydrogen-bond donors (Lipinski definition) is 0. The van der Waals surface area contributed by atoms with Crippen LogP contribution in [-0.2, 0) is 17.8 Å². The number of nitrogens with zero attached hydrogens (tertiary/aromatic N) is 2. The van der Waals surface area contributed by atoms with Crippen molar-refractivity contribution in [2.24, 2.45) is 0 Å². The molecule has 0 radical (unpaired) electrons. The molecule has 0 bridgehead atoms. The van der Waals surface area contributed by atoms with Gasteiger partial charge in [-0.15, -0.1) is 0 Å². The van der Waals surface area contributed by atoms with E-state index in [1.165, 1.54) is 5.56 Å². The number of para-hydroxylation sites is 1. The van der Waals surface area contributed by atoms with E-state index < -0.39 is 0 Å². The van der Waals surface area contributed by atoms with Gasteiger partial charge in [0.2, 0.25) is 5.91 Å². The molecule has 0 saturated heterocycles. The summed E-state index contributed by atoms with van der Waals surface area (Å²) < 4.78 is 6.64. The van der Waals surface area contributed by atoms with Gasteiger partial charge < -0.3 is 14.5 Å². The van der Waals surface area contributed by atoms with E-state index in [2.05, 4.69) is 43.3 Å². The van der Waals surface area contributed by atoms with E-state index in [-0.39, 0.29) is 11.5 Å². The summed E-state index contributed by atoms with van der Waals surface area (Å²) in [5.74, 6) is 1.18. The first-order valence-electron chi connectivity index (χ1n) is 10.8. The summed E-state index contributed by atoms with van der Waals surface area (Å²) in [5.41, 5.74) is 2.07. The first kappa shape index (κ1) is 20.0. The first-order valence-corrected chi connectivity index (χ1v) is 10.8. The largest absolute Gasteiger partial charge is 0.485 e. The Hall–Kier alpha value is -2.33. The zero-order valence-corrected chi connectivity index (χ0v) is 17.6. The lowest BCUT2D eigenvalue weighted by Gasteiger charge is -2.43. The van der Waals surface area contributed by atoms with Gasteiger partial charge in [0.05, 0.1) is 6.54 Å². The molecule has 1 saturated carbocycles. The van der Waals surface area contributed by atoms with Crippen LogP contribution in [0.2, 0.25) is 0 Å². The normalized spacial score (nSPS) is 24.1. The Labute approximate surface area is 174 Å². The number of rotatable bonds is 4. The highest BCUT2D eigenvalue weighted by Gasteiger charge is 2.42. The molecule has 0 N–H and O–H groups in total. The van der Waals surface area contributed by atoms with Crippen molar-refractivity contribution in [3.05, 3.63) is 65.7 Å². The maximum atomic E-state index is 13.2. The van der Waals surface area contributed by atoms with E-state index in [1.54, 1.807) is 0 Å². The summed E-state index contributed by atoms with van der Waals surface area (Å²) in [6.45, 7) is 1.33. The fourth-order valence-electron chi connectivity index (χ4n) is 4.74. The second kappa shape index (κ2) is 8.58. The molecule has 4 nitrogen and oxygen atoms in total. The molecule has 1 spiro atoms. The van der Waals surface area contributed by atoms with Gasteiger partial charge in [0.25, 0.3) is 0 Å². The molecule has 1 amide bonds. The molecule has 1 fully saturated rings. The van der Waals surface area contributed by atoms with Gasteiger partial charge >= 0.3 is 0 Å². The van der Waals surface area contributed by atoms with Crippen molar-refractivity contribution < 1.29 is 9.53 Å². The monoisotopic (exact) mass is 392 g/mol. The Morgan fingerprint density at radius 3 is 2.48 bits per heavy atom. The van der Waals surface area contributed by atoms with Crippen LogP contribution in [0.15, 0.2) is 54.6 Å². The van der Waals surface area contributed by atoms with Crippen molar-refractivity contribution in [3.63, 3.8) is 0 Å². The molecule has 2 aliphatic rings. The van der Waals surface area contributed by atoms with Crippen molar-refractivity contribution in [2.45, 2.75) is 56.7 Å². The zero-order valence-electron chi connectivity index (χ0n) is 17.6. The number of carbonyl (C=O) groups is 1. The summed E-state index contributed by atoms with van der Waals surface area (Å²) in [4.78, 5) is 17.6. The van der Waals surface area contributed by atoms with Crippen molar-refractivity contribution in [2.75, 3.05) is 20.6 Å². The highest BCUT2D eigenvalue weighted by atomic mass is 16.5. The van der Waals surface area contributed by atoms with Gasteiger partial charge in [0.15, 0.2) is 0 Å². The summed E-state index contributed by atoms with van der Waals surface area (Å²) >= 11 is 0. The molecule has 4 heteroatoms. The highest BCUT2D eigenvalue weighted by molar-refractivity contribution is 5.76. The lowest BCUT2D eigenvalue weighted by molar-refractivity contribution is -0.135. The average molecular weight is 393 g/mol. The van der Waals surface area contributed by atoms with Crippen LogP contribution >= 0.6 is 0 Å². The molecule has 4 rings (SSSR count). The van der Waals surface area contributed by atoms with E-state index in [9.17, 15) is 4.79 Å². The summed E-state index contributed by atoms with van der Waals surface area (Å²) in [7, 11) is 4.32. The molecular weight excluding hydrogens is 360 g/mol. The van der Waals surface area contributed by atoms with Crippen molar-refractivity contribution in [1.82, 2.24) is 9.80 Å². The highest BCUT2D eigenvalue weighted by Crippen LogP contribution is 2.39. The molecular formula is C25H32N2O2. The van der Waals surface area contributed by atoms with Crippen molar-refractivity contribution >= 4 is 5.91 Å². The number of amides is 1. The second-order valence-electron chi connectivity index (χ2n) is 8.82. The minimum Gasteiger partial charge on any atom is -0.485 e. The molecule has 0 atom stereocenters. The van der Waals surface area contributed by atoms with Crippen molar-refractivity contribution in [1.29, 1.82) is 0 Å². The van der Waals surface area contributed by atoms with E-state index >= 15 is 0 Å². The minimum absolute atomic E-state index is 0.225. The lowest BCUT2D eigenvalue weighted by atomic mass is 9.81. The van der Waals surface area contributed by atoms with E-state index in [1.807, 2.05) is 35.2 Å². The predicted octanol–water partition coefficient (Wildman–Crippen LogP) is 4.28. The number of hydrogen-bond acceptors (Lipinski definition) is 3. The van der Waals surface area contributed by atoms with Gasteiger partial charge in [0.1, 0.15) is 11.4 Å². The van der Waals surface area contributed by atoms with Gasteiger partial charge in [-0.25, -0.2) is 0 Å². The van der Waals surface area contributed by atoms with Crippen LogP contribution in [0.25, 0.3) is 0 Å². The van der Waals surface area contributed by atoms with Crippen LogP contribution < -0.4 is 4.74 Å². The molecule has 154 valence electrons. The Balaban J connectivity index is 1.52. The summed E-state index contributed by atoms with van der Waals surface area (Å²) in [5, 5.41) is 0. The quantitative estimate of drug-likeness (QED) is 0.778. The van der Waals surface area contributed by atoms with E-state index in [0.717, 1.165) is 43.4 Å². The third kappa shape index (κ3) is 4.64. The molecule has 0 unspecified atom stereocenters. The van der Waals surface area contributed by atoms with Crippen LogP contribution in [0, 0.1) is 0 Å². The summed E-state index contributed by atoms with van der Waals surface area (Å²) in [6, 6.07) is 19.1.